The van der Waals surface area contributed by atoms with E-state index < -0.39 is 0 Å². The molecule has 1 aliphatic rings. The third-order valence-electron chi connectivity index (χ3n) is 3.85. The Hall–Kier alpha value is -1.25. The second-order valence-corrected chi connectivity index (χ2v) is 8.08. The number of rotatable bonds is 4. The smallest absolute Gasteiger partial charge is 0.233 e. The zero-order valence-electron chi connectivity index (χ0n) is 13.3. The molecule has 1 amide bonds. The Labute approximate surface area is 154 Å². The molecular formula is C15H18ClN5OS2. The van der Waals surface area contributed by atoms with Gasteiger partial charge in [0.2, 0.25) is 11.1 Å². The Kier molecular flexibility index (Phi) is 6.02. The van der Waals surface area contributed by atoms with Crippen molar-refractivity contribution in [3.05, 3.63) is 34.9 Å². The Morgan fingerprint density at radius 2 is 2.25 bits per heavy atom. The van der Waals surface area contributed by atoms with Gasteiger partial charge in [-0.2, -0.15) is 11.8 Å². The van der Waals surface area contributed by atoms with Crippen molar-refractivity contribution < 1.29 is 4.79 Å². The molecule has 1 fully saturated rings. The number of amides is 1. The van der Waals surface area contributed by atoms with Crippen molar-refractivity contribution in [2.24, 2.45) is 7.05 Å². The molecule has 0 aliphatic carbocycles. The Morgan fingerprint density at radius 1 is 1.42 bits per heavy atom. The highest BCUT2D eigenvalue weighted by Crippen LogP contribution is 2.37. The molecule has 2 aromatic rings. The van der Waals surface area contributed by atoms with Gasteiger partial charge in [0, 0.05) is 36.2 Å². The summed E-state index contributed by atoms with van der Waals surface area (Å²) >= 11 is 9.55. The number of carbonyl (C=O) groups excluding carboxylic acids is 1. The van der Waals surface area contributed by atoms with Crippen LogP contribution in [0.1, 0.15) is 17.2 Å². The van der Waals surface area contributed by atoms with Crippen molar-refractivity contribution in [1.29, 1.82) is 0 Å². The second kappa shape index (κ2) is 8.22. The summed E-state index contributed by atoms with van der Waals surface area (Å²) in [5, 5.41) is 13.0. The van der Waals surface area contributed by atoms with Gasteiger partial charge in [-0.1, -0.05) is 41.6 Å². The van der Waals surface area contributed by atoms with Gasteiger partial charge in [0.25, 0.3) is 0 Å². The highest BCUT2D eigenvalue weighted by atomic mass is 35.5. The lowest BCUT2D eigenvalue weighted by Crippen LogP contribution is -2.34. The summed E-state index contributed by atoms with van der Waals surface area (Å²) in [5.74, 6) is 1.40. The zero-order valence-corrected chi connectivity index (χ0v) is 15.6. The molecule has 1 aromatic carbocycles. The maximum atomic E-state index is 12.5. The van der Waals surface area contributed by atoms with Crippen molar-refractivity contribution in [2.45, 2.75) is 16.8 Å². The van der Waals surface area contributed by atoms with Gasteiger partial charge in [0.15, 0.2) is 0 Å². The fourth-order valence-corrected chi connectivity index (χ4v) is 4.92. The third-order valence-corrected chi connectivity index (χ3v) is 6.50. The molecule has 9 heteroatoms. The number of halogens is 1. The molecule has 128 valence electrons. The standard InChI is InChI=1S/C15H18ClN5OS2/c1-20-15(17-18-19-20)24-10-14(22)21-7-6-13(23-9-8-21)11-4-2-3-5-12(11)16/h2-5,13H,6-10H2,1H3. The molecule has 1 aliphatic heterocycles. The van der Waals surface area contributed by atoms with E-state index in [0.29, 0.717) is 16.2 Å². The molecule has 24 heavy (non-hydrogen) atoms. The van der Waals surface area contributed by atoms with Crippen LogP contribution in [0.4, 0.5) is 0 Å². The fourth-order valence-electron chi connectivity index (χ4n) is 2.57. The average molecular weight is 384 g/mol. The predicted octanol–water partition coefficient (Wildman–Crippen LogP) is 2.66. The van der Waals surface area contributed by atoms with Crippen molar-refractivity contribution in [3.8, 4) is 0 Å². The van der Waals surface area contributed by atoms with Gasteiger partial charge in [-0.3, -0.25) is 4.79 Å². The lowest BCUT2D eigenvalue weighted by atomic mass is 10.1. The Bertz CT molecular complexity index is 711. The van der Waals surface area contributed by atoms with E-state index in [1.165, 1.54) is 11.8 Å². The van der Waals surface area contributed by atoms with E-state index in [1.54, 1.807) is 11.7 Å². The van der Waals surface area contributed by atoms with Gasteiger partial charge in [0.1, 0.15) is 0 Å². The normalized spacial score (nSPS) is 18.4. The number of nitrogens with zero attached hydrogens (tertiary/aromatic N) is 5. The molecule has 0 radical (unpaired) electrons. The maximum absolute atomic E-state index is 12.5. The van der Waals surface area contributed by atoms with E-state index in [9.17, 15) is 4.79 Å². The van der Waals surface area contributed by atoms with Gasteiger partial charge in [0.05, 0.1) is 5.75 Å². The molecule has 1 saturated heterocycles. The first kappa shape index (κ1) is 17.6. The first-order chi connectivity index (χ1) is 11.6. The van der Waals surface area contributed by atoms with Crippen LogP contribution in [0.5, 0.6) is 0 Å². The van der Waals surface area contributed by atoms with Gasteiger partial charge < -0.3 is 4.90 Å². The summed E-state index contributed by atoms with van der Waals surface area (Å²) in [4.78, 5) is 14.4. The summed E-state index contributed by atoms with van der Waals surface area (Å²) in [5.41, 5.74) is 1.16. The summed E-state index contributed by atoms with van der Waals surface area (Å²) in [7, 11) is 1.77. The first-order valence-corrected chi connectivity index (χ1v) is 10.1. The van der Waals surface area contributed by atoms with Crippen LogP contribution >= 0.6 is 35.1 Å². The van der Waals surface area contributed by atoms with Gasteiger partial charge in [-0.15, -0.1) is 5.10 Å². The Balaban J connectivity index is 1.56. The minimum Gasteiger partial charge on any atom is -0.341 e. The molecular weight excluding hydrogens is 366 g/mol. The number of carbonyl (C=O) groups is 1. The van der Waals surface area contributed by atoms with E-state index in [-0.39, 0.29) is 5.91 Å². The van der Waals surface area contributed by atoms with Gasteiger partial charge in [-0.25, -0.2) is 4.68 Å². The molecule has 1 atom stereocenters. The highest BCUT2D eigenvalue weighted by Gasteiger charge is 2.23. The van der Waals surface area contributed by atoms with Crippen LogP contribution in [-0.4, -0.2) is 55.6 Å². The van der Waals surface area contributed by atoms with Crippen LogP contribution in [0.3, 0.4) is 0 Å². The minimum absolute atomic E-state index is 0.128. The molecule has 0 spiro atoms. The monoisotopic (exact) mass is 383 g/mol. The summed E-state index contributed by atoms with van der Waals surface area (Å²) in [6.07, 6.45) is 0.913. The number of hydrogen-bond donors (Lipinski definition) is 0. The van der Waals surface area contributed by atoms with Crippen LogP contribution in [0.15, 0.2) is 29.4 Å². The van der Waals surface area contributed by atoms with Gasteiger partial charge in [-0.05, 0) is 28.5 Å². The second-order valence-electron chi connectivity index (χ2n) is 5.42. The SMILES string of the molecule is Cn1nnnc1SCC(=O)N1CCSC(c2ccccc2Cl)CC1. The van der Waals surface area contributed by atoms with Crippen LogP contribution in [-0.2, 0) is 11.8 Å². The summed E-state index contributed by atoms with van der Waals surface area (Å²) in [6, 6.07) is 7.97. The molecule has 0 bridgehead atoms. The van der Waals surface area contributed by atoms with Gasteiger partial charge >= 0.3 is 0 Å². The molecule has 0 N–H and O–H groups in total. The third kappa shape index (κ3) is 4.23. The molecule has 1 unspecified atom stereocenters. The number of benzene rings is 1. The Morgan fingerprint density at radius 3 is 3.00 bits per heavy atom. The molecule has 2 heterocycles. The minimum atomic E-state index is 0.128. The van der Waals surface area contributed by atoms with Crippen molar-refractivity contribution in [1.82, 2.24) is 25.1 Å². The first-order valence-electron chi connectivity index (χ1n) is 7.64. The van der Waals surface area contributed by atoms with Crippen LogP contribution in [0.2, 0.25) is 5.02 Å². The largest absolute Gasteiger partial charge is 0.341 e. The predicted molar refractivity (Wildman–Crippen MR) is 97.4 cm³/mol. The maximum Gasteiger partial charge on any atom is 0.233 e. The average Bonchev–Trinajstić information content (AvgIpc) is 2.84. The molecule has 6 nitrogen and oxygen atoms in total. The van der Waals surface area contributed by atoms with Crippen molar-refractivity contribution in [2.75, 3.05) is 24.6 Å². The van der Waals surface area contributed by atoms with Crippen molar-refractivity contribution in [3.63, 3.8) is 0 Å². The van der Waals surface area contributed by atoms with E-state index in [1.807, 2.05) is 34.9 Å². The number of aromatic nitrogens is 4. The van der Waals surface area contributed by atoms with E-state index in [0.717, 1.165) is 35.8 Å². The quantitative estimate of drug-likeness (QED) is 0.756. The number of thioether (sulfide) groups is 2. The zero-order chi connectivity index (χ0) is 16.9. The number of tetrazole rings is 1. The van der Waals surface area contributed by atoms with E-state index in [2.05, 4.69) is 21.6 Å². The van der Waals surface area contributed by atoms with Crippen LogP contribution < -0.4 is 0 Å². The topological polar surface area (TPSA) is 63.9 Å². The fraction of sp³-hybridized carbons (Fsp3) is 0.467. The number of aryl methyl sites for hydroxylation is 1. The summed E-state index contributed by atoms with van der Waals surface area (Å²) in [6.45, 7) is 1.52. The van der Waals surface area contributed by atoms with Crippen molar-refractivity contribution >= 4 is 41.0 Å². The number of hydrogen-bond acceptors (Lipinski definition) is 6. The molecule has 3 rings (SSSR count). The van der Waals surface area contributed by atoms with Crippen LogP contribution in [0.25, 0.3) is 0 Å². The van der Waals surface area contributed by atoms with E-state index >= 15 is 0 Å². The molecule has 0 saturated carbocycles. The lowest BCUT2D eigenvalue weighted by molar-refractivity contribution is -0.128. The summed E-state index contributed by atoms with van der Waals surface area (Å²) < 4.78 is 1.57. The van der Waals surface area contributed by atoms with Crippen LogP contribution in [0, 0.1) is 0 Å². The lowest BCUT2D eigenvalue weighted by Gasteiger charge is -2.20. The molecule has 1 aromatic heterocycles. The highest BCUT2D eigenvalue weighted by molar-refractivity contribution is 8.00. The van der Waals surface area contributed by atoms with E-state index in [4.69, 9.17) is 11.6 Å².